The van der Waals surface area contributed by atoms with Crippen LogP contribution in [0.15, 0.2) is 12.1 Å². The first-order valence-electron chi connectivity index (χ1n) is 7.50. The second kappa shape index (κ2) is 6.53. The molecule has 1 N–H and O–H groups in total. The van der Waals surface area contributed by atoms with E-state index in [0.29, 0.717) is 12.1 Å². The smallest absolute Gasteiger partial charge is 0.0588 e. The Morgan fingerprint density at radius 1 is 1.26 bits per heavy atom. The molecule has 2 rings (SSSR count). The molecular formula is C17H27NO. The molecule has 0 bridgehead atoms. The van der Waals surface area contributed by atoms with Gasteiger partial charge in [-0.2, -0.15) is 0 Å². The van der Waals surface area contributed by atoms with Gasteiger partial charge in [-0.3, -0.25) is 0 Å². The number of aryl methyl sites for hydroxylation is 3. The molecular weight excluding hydrogens is 234 g/mol. The van der Waals surface area contributed by atoms with E-state index in [0.717, 1.165) is 19.6 Å². The lowest BCUT2D eigenvalue weighted by molar-refractivity contribution is 0.103. The van der Waals surface area contributed by atoms with Gasteiger partial charge in [-0.15, -0.1) is 0 Å². The van der Waals surface area contributed by atoms with Gasteiger partial charge in [0.15, 0.2) is 0 Å². The van der Waals surface area contributed by atoms with Gasteiger partial charge in [0, 0.05) is 12.6 Å². The van der Waals surface area contributed by atoms with Crippen LogP contribution in [0, 0.1) is 20.8 Å². The van der Waals surface area contributed by atoms with Crippen LogP contribution < -0.4 is 5.32 Å². The Morgan fingerprint density at radius 2 is 1.95 bits per heavy atom. The van der Waals surface area contributed by atoms with Crippen molar-refractivity contribution in [3.8, 4) is 0 Å². The van der Waals surface area contributed by atoms with Crippen LogP contribution in [0.4, 0.5) is 0 Å². The zero-order valence-electron chi connectivity index (χ0n) is 12.8. The molecule has 1 aliphatic rings. The fraction of sp³-hybridized carbons (Fsp3) is 0.647. The highest BCUT2D eigenvalue weighted by Gasteiger charge is 2.16. The van der Waals surface area contributed by atoms with Crippen LogP contribution in [0.25, 0.3) is 0 Å². The second-order valence-corrected chi connectivity index (χ2v) is 5.91. The summed E-state index contributed by atoms with van der Waals surface area (Å²) < 4.78 is 5.66. The number of ether oxygens (including phenoxy) is 1. The Balaban J connectivity index is 1.90. The van der Waals surface area contributed by atoms with Crippen LogP contribution in [0.1, 0.15) is 54.5 Å². The summed E-state index contributed by atoms with van der Waals surface area (Å²) in [6.45, 7) is 10.9. The van der Waals surface area contributed by atoms with Crippen molar-refractivity contribution in [1.29, 1.82) is 0 Å². The van der Waals surface area contributed by atoms with Gasteiger partial charge in [-0.1, -0.05) is 17.7 Å². The molecule has 0 amide bonds. The fourth-order valence-corrected chi connectivity index (χ4v) is 3.31. The van der Waals surface area contributed by atoms with E-state index in [9.17, 15) is 0 Å². The van der Waals surface area contributed by atoms with E-state index in [-0.39, 0.29) is 0 Å². The molecule has 2 unspecified atom stereocenters. The maximum absolute atomic E-state index is 5.66. The zero-order chi connectivity index (χ0) is 13.8. The van der Waals surface area contributed by atoms with Crippen LogP contribution >= 0.6 is 0 Å². The summed E-state index contributed by atoms with van der Waals surface area (Å²) in [6.07, 6.45) is 4.09. The van der Waals surface area contributed by atoms with Crippen molar-refractivity contribution in [2.24, 2.45) is 0 Å². The number of rotatable bonds is 5. The van der Waals surface area contributed by atoms with E-state index in [4.69, 9.17) is 4.74 Å². The molecule has 1 heterocycles. The molecule has 1 aromatic rings. The number of hydrogen-bond donors (Lipinski definition) is 1. The summed E-state index contributed by atoms with van der Waals surface area (Å²) in [5, 5.41) is 3.65. The van der Waals surface area contributed by atoms with Gasteiger partial charge in [0.2, 0.25) is 0 Å². The molecule has 2 heteroatoms. The molecule has 2 nitrogen and oxygen atoms in total. The summed E-state index contributed by atoms with van der Waals surface area (Å²) in [5.41, 5.74) is 5.60. The molecule has 2 atom stereocenters. The Labute approximate surface area is 117 Å². The monoisotopic (exact) mass is 261 g/mol. The van der Waals surface area contributed by atoms with Crippen molar-refractivity contribution >= 4 is 0 Å². The van der Waals surface area contributed by atoms with Crippen molar-refractivity contribution < 1.29 is 4.74 Å². The second-order valence-electron chi connectivity index (χ2n) is 5.91. The first kappa shape index (κ1) is 14.5. The molecule has 0 spiro atoms. The van der Waals surface area contributed by atoms with E-state index >= 15 is 0 Å². The minimum absolute atomic E-state index is 0.419. The van der Waals surface area contributed by atoms with Gasteiger partial charge in [0.25, 0.3) is 0 Å². The quantitative estimate of drug-likeness (QED) is 0.869. The van der Waals surface area contributed by atoms with Gasteiger partial charge >= 0.3 is 0 Å². The third-order valence-corrected chi connectivity index (χ3v) is 4.11. The Morgan fingerprint density at radius 3 is 2.53 bits per heavy atom. The normalized spacial score (nSPS) is 20.7. The Bertz CT molecular complexity index is 398. The molecule has 19 heavy (non-hydrogen) atoms. The highest BCUT2D eigenvalue weighted by molar-refractivity contribution is 5.39. The summed E-state index contributed by atoms with van der Waals surface area (Å²) in [7, 11) is 0. The van der Waals surface area contributed by atoms with Crippen molar-refractivity contribution in [3.05, 3.63) is 34.4 Å². The van der Waals surface area contributed by atoms with E-state index in [1.54, 1.807) is 0 Å². The van der Waals surface area contributed by atoms with Crippen LogP contribution in [0.3, 0.4) is 0 Å². The van der Waals surface area contributed by atoms with Gasteiger partial charge in [-0.05, 0) is 70.2 Å². The van der Waals surface area contributed by atoms with E-state index < -0.39 is 0 Å². The average molecular weight is 261 g/mol. The lowest BCUT2D eigenvalue weighted by atomic mass is 9.95. The van der Waals surface area contributed by atoms with Gasteiger partial charge in [0.05, 0.1) is 6.10 Å². The van der Waals surface area contributed by atoms with Crippen molar-refractivity contribution in [2.75, 3.05) is 13.2 Å². The summed E-state index contributed by atoms with van der Waals surface area (Å²) in [4.78, 5) is 0. The Kier molecular flexibility index (Phi) is 5.00. The molecule has 0 radical (unpaired) electrons. The predicted molar refractivity (Wildman–Crippen MR) is 80.7 cm³/mol. The maximum Gasteiger partial charge on any atom is 0.0588 e. The average Bonchev–Trinajstić information content (AvgIpc) is 2.80. The van der Waals surface area contributed by atoms with Gasteiger partial charge in [0.1, 0.15) is 0 Å². The van der Waals surface area contributed by atoms with E-state index in [1.807, 2.05) is 0 Å². The van der Waals surface area contributed by atoms with Crippen LogP contribution in [-0.2, 0) is 4.74 Å². The van der Waals surface area contributed by atoms with Crippen molar-refractivity contribution in [1.82, 2.24) is 5.32 Å². The van der Waals surface area contributed by atoms with Gasteiger partial charge < -0.3 is 10.1 Å². The van der Waals surface area contributed by atoms with Crippen molar-refractivity contribution in [2.45, 2.75) is 59.1 Å². The molecule has 1 saturated heterocycles. The topological polar surface area (TPSA) is 21.3 Å². The van der Waals surface area contributed by atoms with Crippen molar-refractivity contribution in [3.63, 3.8) is 0 Å². The lowest BCUT2D eigenvalue weighted by Crippen LogP contribution is -2.24. The predicted octanol–water partition coefficient (Wildman–Crippen LogP) is 3.83. The standard InChI is InChI=1S/C17H27NO/c1-12-10-13(2)17(14(3)11-12)15(4)18-8-7-16-6-5-9-19-16/h10-11,15-16,18H,5-9H2,1-4H3. The minimum Gasteiger partial charge on any atom is -0.378 e. The number of nitrogens with one attached hydrogen (secondary N) is 1. The van der Waals surface area contributed by atoms with E-state index in [2.05, 4.69) is 45.1 Å². The van der Waals surface area contributed by atoms with E-state index in [1.165, 1.54) is 35.1 Å². The summed E-state index contributed by atoms with van der Waals surface area (Å²) in [6, 6.07) is 4.98. The molecule has 0 aliphatic carbocycles. The largest absolute Gasteiger partial charge is 0.378 e. The first-order valence-corrected chi connectivity index (χ1v) is 7.50. The third kappa shape index (κ3) is 3.80. The zero-order valence-corrected chi connectivity index (χ0v) is 12.8. The molecule has 106 valence electrons. The van der Waals surface area contributed by atoms with Crippen LogP contribution in [-0.4, -0.2) is 19.3 Å². The maximum atomic E-state index is 5.66. The molecule has 0 aromatic heterocycles. The molecule has 1 fully saturated rings. The van der Waals surface area contributed by atoms with Crippen LogP contribution in [0.5, 0.6) is 0 Å². The first-order chi connectivity index (χ1) is 9.08. The van der Waals surface area contributed by atoms with Crippen LogP contribution in [0.2, 0.25) is 0 Å². The minimum atomic E-state index is 0.419. The fourth-order valence-electron chi connectivity index (χ4n) is 3.31. The highest BCUT2D eigenvalue weighted by Crippen LogP contribution is 2.23. The highest BCUT2D eigenvalue weighted by atomic mass is 16.5. The third-order valence-electron chi connectivity index (χ3n) is 4.11. The lowest BCUT2D eigenvalue weighted by Gasteiger charge is -2.20. The number of hydrogen-bond acceptors (Lipinski definition) is 2. The number of benzene rings is 1. The molecule has 1 aliphatic heterocycles. The SMILES string of the molecule is Cc1cc(C)c(C(C)NCCC2CCCO2)c(C)c1. The van der Waals surface area contributed by atoms with Gasteiger partial charge in [-0.25, -0.2) is 0 Å². The summed E-state index contributed by atoms with van der Waals surface area (Å²) in [5.74, 6) is 0. The molecule has 1 aromatic carbocycles. The summed E-state index contributed by atoms with van der Waals surface area (Å²) >= 11 is 0. The molecule has 0 saturated carbocycles. The Hall–Kier alpha value is -0.860.